The summed E-state index contributed by atoms with van der Waals surface area (Å²) in [7, 11) is 0. The third kappa shape index (κ3) is 3.27. The molecule has 27 heavy (non-hydrogen) atoms. The zero-order valence-electron chi connectivity index (χ0n) is 15.2. The first-order valence-corrected chi connectivity index (χ1v) is 9.12. The predicted molar refractivity (Wildman–Crippen MR) is 97.0 cm³/mol. The fraction of sp³-hybridized carbons (Fsp3) is 0.474. The predicted octanol–water partition coefficient (Wildman–Crippen LogP) is 2.03. The Bertz CT molecular complexity index is 818. The molecule has 1 spiro atoms. The normalized spacial score (nSPS) is 21.6. The number of benzene rings is 1. The van der Waals surface area contributed by atoms with E-state index in [4.69, 9.17) is 4.52 Å². The van der Waals surface area contributed by atoms with Gasteiger partial charge in [-0.3, -0.25) is 4.79 Å². The van der Waals surface area contributed by atoms with Gasteiger partial charge in [0, 0.05) is 32.1 Å². The van der Waals surface area contributed by atoms with Crippen LogP contribution in [-0.4, -0.2) is 57.7 Å². The van der Waals surface area contributed by atoms with Gasteiger partial charge < -0.3 is 19.4 Å². The number of rotatable bonds is 3. The van der Waals surface area contributed by atoms with Crippen molar-refractivity contribution in [3.63, 3.8) is 0 Å². The van der Waals surface area contributed by atoms with Gasteiger partial charge in [-0.1, -0.05) is 35.5 Å². The van der Waals surface area contributed by atoms with Gasteiger partial charge in [-0.15, -0.1) is 0 Å². The van der Waals surface area contributed by atoms with Crippen LogP contribution in [0, 0.1) is 5.41 Å². The SMILES string of the molecule is CC(=O)N1CC2(CCN(c3nc(-c4ccccc4)no3)CC2)CC1C(=O)O. The van der Waals surface area contributed by atoms with Gasteiger partial charge in [-0.25, -0.2) is 4.79 Å². The molecule has 8 heteroatoms. The van der Waals surface area contributed by atoms with Gasteiger partial charge in [0.05, 0.1) is 0 Å². The van der Waals surface area contributed by atoms with Crippen LogP contribution in [0.15, 0.2) is 34.9 Å². The number of carboxylic acids is 1. The number of carbonyl (C=O) groups is 2. The van der Waals surface area contributed by atoms with Crippen molar-refractivity contribution in [3.05, 3.63) is 30.3 Å². The van der Waals surface area contributed by atoms with E-state index in [9.17, 15) is 14.7 Å². The molecule has 1 atom stereocenters. The van der Waals surface area contributed by atoms with Crippen LogP contribution in [0.2, 0.25) is 0 Å². The van der Waals surface area contributed by atoms with Crippen LogP contribution in [0.25, 0.3) is 11.4 Å². The van der Waals surface area contributed by atoms with Crippen molar-refractivity contribution in [2.75, 3.05) is 24.5 Å². The largest absolute Gasteiger partial charge is 0.480 e. The van der Waals surface area contributed by atoms with Crippen molar-refractivity contribution in [3.8, 4) is 11.4 Å². The summed E-state index contributed by atoms with van der Waals surface area (Å²) in [5.41, 5.74) is 0.756. The number of carbonyl (C=O) groups excluding carboxylic acids is 1. The maximum atomic E-state index is 11.8. The number of anilines is 1. The van der Waals surface area contributed by atoms with Crippen LogP contribution < -0.4 is 4.90 Å². The lowest BCUT2D eigenvalue weighted by Gasteiger charge is -2.38. The van der Waals surface area contributed by atoms with Gasteiger partial charge in [0.2, 0.25) is 11.7 Å². The number of carboxylic acid groups (broad SMARTS) is 1. The van der Waals surface area contributed by atoms with E-state index >= 15 is 0 Å². The molecule has 1 N–H and O–H groups in total. The van der Waals surface area contributed by atoms with Gasteiger partial charge >= 0.3 is 12.0 Å². The van der Waals surface area contributed by atoms with E-state index in [-0.39, 0.29) is 11.3 Å². The quantitative estimate of drug-likeness (QED) is 0.882. The molecular weight excluding hydrogens is 348 g/mol. The molecule has 1 unspecified atom stereocenters. The molecule has 3 heterocycles. The van der Waals surface area contributed by atoms with Crippen LogP contribution >= 0.6 is 0 Å². The van der Waals surface area contributed by atoms with Crippen molar-refractivity contribution >= 4 is 17.9 Å². The lowest BCUT2D eigenvalue weighted by atomic mass is 9.76. The van der Waals surface area contributed by atoms with Crippen molar-refractivity contribution < 1.29 is 19.2 Å². The Balaban J connectivity index is 1.44. The van der Waals surface area contributed by atoms with Crippen LogP contribution in [0.5, 0.6) is 0 Å². The molecule has 0 bridgehead atoms. The minimum atomic E-state index is -0.922. The molecule has 142 valence electrons. The molecule has 4 rings (SSSR count). The second kappa shape index (κ2) is 6.68. The molecule has 0 saturated carbocycles. The first kappa shape index (κ1) is 17.5. The summed E-state index contributed by atoms with van der Waals surface area (Å²) in [4.78, 5) is 31.4. The molecule has 0 radical (unpaired) electrons. The van der Waals surface area contributed by atoms with Crippen molar-refractivity contribution in [2.45, 2.75) is 32.2 Å². The molecule has 2 aliphatic rings. The average Bonchev–Trinajstić information content (AvgIpc) is 3.29. The molecule has 1 amide bonds. The van der Waals surface area contributed by atoms with E-state index in [0.717, 1.165) is 18.4 Å². The Morgan fingerprint density at radius 1 is 1.22 bits per heavy atom. The molecule has 1 aromatic heterocycles. The Labute approximate surface area is 156 Å². The highest BCUT2D eigenvalue weighted by molar-refractivity contribution is 5.83. The third-order valence-corrected chi connectivity index (χ3v) is 5.74. The highest BCUT2D eigenvalue weighted by Gasteiger charge is 2.49. The van der Waals surface area contributed by atoms with E-state index in [1.54, 1.807) is 0 Å². The number of hydrogen-bond donors (Lipinski definition) is 1. The fourth-order valence-corrected chi connectivity index (χ4v) is 4.19. The molecule has 2 aliphatic heterocycles. The van der Waals surface area contributed by atoms with Crippen LogP contribution in [0.3, 0.4) is 0 Å². The zero-order chi connectivity index (χ0) is 19.0. The van der Waals surface area contributed by atoms with Crippen LogP contribution in [-0.2, 0) is 9.59 Å². The molecule has 2 aromatic rings. The Hall–Kier alpha value is -2.90. The number of hydrogen-bond acceptors (Lipinski definition) is 6. The fourth-order valence-electron chi connectivity index (χ4n) is 4.19. The summed E-state index contributed by atoms with van der Waals surface area (Å²) in [6.45, 7) is 3.35. The summed E-state index contributed by atoms with van der Waals surface area (Å²) < 4.78 is 5.43. The third-order valence-electron chi connectivity index (χ3n) is 5.74. The first-order valence-electron chi connectivity index (χ1n) is 9.12. The van der Waals surface area contributed by atoms with E-state index in [0.29, 0.717) is 37.9 Å². The van der Waals surface area contributed by atoms with Crippen LogP contribution in [0.4, 0.5) is 6.01 Å². The molecule has 1 aromatic carbocycles. The van der Waals surface area contributed by atoms with E-state index in [1.807, 2.05) is 35.2 Å². The highest BCUT2D eigenvalue weighted by Crippen LogP contribution is 2.44. The van der Waals surface area contributed by atoms with Crippen molar-refractivity contribution in [1.29, 1.82) is 0 Å². The van der Waals surface area contributed by atoms with Gasteiger partial charge in [0.15, 0.2) is 0 Å². The Morgan fingerprint density at radius 2 is 1.93 bits per heavy atom. The second-order valence-electron chi connectivity index (χ2n) is 7.46. The number of amides is 1. The number of piperidine rings is 1. The van der Waals surface area contributed by atoms with Crippen LogP contribution in [0.1, 0.15) is 26.2 Å². The summed E-state index contributed by atoms with van der Waals surface area (Å²) in [5.74, 6) is -0.541. The number of aliphatic carboxylic acids is 1. The first-order chi connectivity index (χ1) is 13.0. The van der Waals surface area contributed by atoms with Gasteiger partial charge in [0.1, 0.15) is 6.04 Å². The summed E-state index contributed by atoms with van der Waals surface area (Å²) in [6, 6.07) is 9.42. The smallest absolute Gasteiger partial charge is 0.326 e. The molecule has 0 aliphatic carbocycles. The maximum Gasteiger partial charge on any atom is 0.326 e. The maximum absolute atomic E-state index is 11.8. The van der Waals surface area contributed by atoms with Gasteiger partial charge in [-0.2, -0.15) is 4.98 Å². The number of likely N-dealkylation sites (tertiary alicyclic amines) is 1. The highest BCUT2D eigenvalue weighted by atomic mass is 16.5. The summed E-state index contributed by atoms with van der Waals surface area (Å²) >= 11 is 0. The number of nitrogens with zero attached hydrogens (tertiary/aromatic N) is 4. The van der Waals surface area contributed by atoms with Crippen molar-refractivity contribution in [1.82, 2.24) is 15.0 Å². The molecule has 2 saturated heterocycles. The van der Waals surface area contributed by atoms with E-state index < -0.39 is 12.0 Å². The van der Waals surface area contributed by atoms with E-state index in [1.165, 1.54) is 11.8 Å². The van der Waals surface area contributed by atoms with Crippen molar-refractivity contribution in [2.24, 2.45) is 5.41 Å². The topological polar surface area (TPSA) is 99.8 Å². The zero-order valence-corrected chi connectivity index (χ0v) is 15.2. The lowest BCUT2D eigenvalue weighted by molar-refractivity contribution is -0.147. The molecule has 2 fully saturated rings. The monoisotopic (exact) mass is 370 g/mol. The van der Waals surface area contributed by atoms with E-state index in [2.05, 4.69) is 10.1 Å². The standard InChI is InChI=1S/C19H22N4O4/c1-13(24)23-12-19(11-15(23)17(25)26)7-9-22(10-8-19)18-20-16(21-27-18)14-5-3-2-4-6-14/h2-6,15H,7-12H2,1H3,(H,25,26). The second-order valence-corrected chi connectivity index (χ2v) is 7.46. The number of aromatic nitrogens is 2. The Kier molecular flexibility index (Phi) is 4.33. The average molecular weight is 370 g/mol. The Morgan fingerprint density at radius 3 is 2.52 bits per heavy atom. The minimum absolute atomic E-state index is 0.145. The molecular formula is C19H22N4O4. The lowest BCUT2D eigenvalue weighted by Crippen LogP contribution is -2.42. The molecule has 8 nitrogen and oxygen atoms in total. The van der Waals surface area contributed by atoms with Gasteiger partial charge in [-0.05, 0) is 24.7 Å². The minimum Gasteiger partial charge on any atom is -0.480 e. The van der Waals surface area contributed by atoms with Gasteiger partial charge in [0.25, 0.3) is 0 Å². The summed E-state index contributed by atoms with van der Waals surface area (Å²) in [5, 5.41) is 13.5. The summed E-state index contributed by atoms with van der Waals surface area (Å²) in [6.07, 6.45) is 2.10.